The predicted octanol–water partition coefficient (Wildman–Crippen LogP) is 9.64. The van der Waals surface area contributed by atoms with Gasteiger partial charge in [-0.2, -0.15) is 5.26 Å². The van der Waals surface area contributed by atoms with Gasteiger partial charge in [0.1, 0.15) is 0 Å². The van der Waals surface area contributed by atoms with E-state index in [1.54, 1.807) is 0 Å². The van der Waals surface area contributed by atoms with Crippen molar-refractivity contribution in [3.8, 4) is 62.5 Å². The van der Waals surface area contributed by atoms with E-state index in [2.05, 4.69) is 78.9 Å². The van der Waals surface area contributed by atoms with Gasteiger partial charge in [-0.25, -0.2) is 15.0 Å². The van der Waals surface area contributed by atoms with Crippen molar-refractivity contribution in [3.63, 3.8) is 0 Å². The Balaban J connectivity index is 1.28. The molecule has 1 aromatic heterocycles. The number of fused-ring (bicyclic) bond motifs is 5. The van der Waals surface area contributed by atoms with Gasteiger partial charge < -0.3 is 0 Å². The van der Waals surface area contributed by atoms with Crippen molar-refractivity contribution >= 4 is 0 Å². The van der Waals surface area contributed by atoms with Crippen LogP contribution in [0.25, 0.3) is 56.4 Å². The molecule has 44 heavy (non-hydrogen) atoms. The molecule has 0 atom stereocenters. The van der Waals surface area contributed by atoms with Crippen LogP contribution in [0.4, 0.5) is 0 Å². The SMILES string of the molecule is N#Cc1cccc2c1-c1ccc(-c3nc(-c4ccccc4)nc(-c4ccc(-c5ccccc5)cc4)n3)cc1C21CCCCC1. The van der Waals surface area contributed by atoms with Crippen molar-refractivity contribution in [3.05, 3.63) is 138 Å². The Hall–Kier alpha value is -5.40. The van der Waals surface area contributed by atoms with Gasteiger partial charge in [0.05, 0.1) is 11.6 Å². The highest BCUT2D eigenvalue weighted by molar-refractivity contribution is 5.87. The Bertz CT molecular complexity index is 2030. The van der Waals surface area contributed by atoms with Crippen LogP contribution in [0.1, 0.15) is 48.8 Å². The maximum atomic E-state index is 10.0. The summed E-state index contributed by atoms with van der Waals surface area (Å²) >= 11 is 0. The summed E-state index contributed by atoms with van der Waals surface area (Å²) in [6.07, 6.45) is 5.82. The molecule has 1 spiro atoms. The fourth-order valence-electron chi connectivity index (χ4n) is 7.26. The fraction of sp³-hybridized carbons (Fsp3) is 0.150. The molecule has 0 bridgehead atoms. The molecule has 4 nitrogen and oxygen atoms in total. The molecule has 2 aliphatic rings. The Labute approximate surface area is 257 Å². The molecule has 4 heteroatoms. The van der Waals surface area contributed by atoms with E-state index < -0.39 is 0 Å². The number of hydrogen-bond donors (Lipinski definition) is 0. The second-order valence-electron chi connectivity index (χ2n) is 11.9. The maximum absolute atomic E-state index is 10.0. The molecule has 0 amide bonds. The first-order valence-corrected chi connectivity index (χ1v) is 15.4. The molecule has 0 saturated heterocycles. The lowest BCUT2D eigenvalue weighted by Crippen LogP contribution is -2.28. The Kier molecular flexibility index (Phi) is 6.38. The summed E-state index contributed by atoms with van der Waals surface area (Å²) in [5.41, 5.74) is 10.8. The molecular weight excluding hydrogens is 536 g/mol. The van der Waals surface area contributed by atoms with Crippen LogP contribution in [0.2, 0.25) is 0 Å². The highest BCUT2D eigenvalue weighted by Crippen LogP contribution is 2.57. The van der Waals surface area contributed by atoms with Crippen molar-refractivity contribution < 1.29 is 0 Å². The quantitative estimate of drug-likeness (QED) is 0.213. The van der Waals surface area contributed by atoms with Crippen LogP contribution in [0.15, 0.2) is 121 Å². The highest BCUT2D eigenvalue weighted by Gasteiger charge is 2.44. The van der Waals surface area contributed by atoms with Crippen molar-refractivity contribution in [1.82, 2.24) is 15.0 Å². The highest BCUT2D eigenvalue weighted by atomic mass is 15.0. The number of nitrogens with zero attached hydrogens (tertiary/aromatic N) is 4. The van der Waals surface area contributed by atoms with E-state index in [0.29, 0.717) is 17.5 Å². The maximum Gasteiger partial charge on any atom is 0.164 e. The van der Waals surface area contributed by atoms with E-state index in [1.165, 1.54) is 41.5 Å². The zero-order valence-electron chi connectivity index (χ0n) is 24.4. The number of aromatic nitrogens is 3. The smallest absolute Gasteiger partial charge is 0.164 e. The molecule has 1 fully saturated rings. The molecule has 0 unspecified atom stereocenters. The monoisotopic (exact) mass is 566 g/mol. The Morgan fingerprint density at radius 2 is 1.05 bits per heavy atom. The lowest BCUT2D eigenvalue weighted by Gasteiger charge is -2.36. The fourth-order valence-corrected chi connectivity index (χ4v) is 7.26. The topological polar surface area (TPSA) is 62.5 Å². The Morgan fingerprint density at radius 3 is 1.70 bits per heavy atom. The molecule has 1 heterocycles. The van der Waals surface area contributed by atoms with Crippen LogP contribution >= 0.6 is 0 Å². The lowest BCUT2D eigenvalue weighted by molar-refractivity contribution is 0.353. The molecule has 0 N–H and O–H groups in total. The van der Waals surface area contributed by atoms with E-state index in [1.807, 2.05) is 48.5 Å². The van der Waals surface area contributed by atoms with Crippen molar-refractivity contribution in [2.24, 2.45) is 0 Å². The predicted molar refractivity (Wildman–Crippen MR) is 176 cm³/mol. The first-order valence-electron chi connectivity index (χ1n) is 15.4. The molecule has 5 aromatic carbocycles. The molecule has 8 rings (SSSR count). The summed E-state index contributed by atoms with van der Waals surface area (Å²) < 4.78 is 0. The summed E-state index contributed by atoms with van der Waals surface area (Å²) in [5, 5.41) is 10.0. The van der Waals surface area contributed by atoms with E-state index in [-0.39, 0.29) is 5.41 Å². The molecule has 2 aliphatic carbocycles. The van der Waals surface area contributed by atoms with Gasteiger partial charge in [-0.05, 0) is 52.8 Å². The average molecular weight is 567 g/mol. The van der Waals surface area contributed by atoms with Gasteiger partial charge in [-0.1, -0.05) is 128 Å². The second-order valence-corrected chi connectivity index (χ2v) is 11.9. The molecule has 6 aromatic rings. The van der Waals surface area contributed by atoms with Crippen LogP contribution < -0.4 is 0 Å². The van der Waals surface area contributed by atoms with E-state index in [4.69, 9.17) is 15.0 Å². The first-order chi connectivity index (χ1) is 21.7. The minimum atomic E-state index is -0.0722. The first kappa shape index (κ1) is 26.2. The molecule has 1 saturated carbocycles. The number of rotatable bonds is 4. The summed E-state index contributed by atoms with van der Waals surface area (Å²) in [6, 6.07) is 44.3. The summed E-state index contributed by atoms with van der Waals surface area (Å²) in [7, 11) is 0. The number of hydrogen-bond acceptors (Lipinski definition) is 4. The molecule has 0 radical (unpaired) electrons. The van der Waals surface area contributed by atoms with Gasteiger partial charge >= 0.3 is 0 Å². The zero-order chi connectivity index (χ0) is 29.5. The second kappa shape index (κ2) is 10.7. The van der Waals surface area contributed by atoms with E-state index in [9.17, 15) is 5.26 Å². The number of nitriles is 1. The van der Waals surface area contributed by atoms with Crippen molar-refractivity contribution in [1.29, 1.82) is 5.26 Å². The van der Waals surface area contributed by atoms with Gasteiger partial charge in [-0.15, -0.1) is 0 Å². The Morgan fingerprint density at radius 1 is 0.500 bits per heavy atom. The van der Waals surface area contributed by atoms with Crippen LogP contribution in [-0.2, 0) is 5.41 Å². The van der Waals surface area contributed by atoms with Gasteiger partial charge in [0.25, 0.3) is 0 Å². The zero-order valence-corrected chi connectivity index (χ0v) is 24.4. The van der Waals surface area contributed by atoms with Crippen LogP contribution in [-0.4, -0.2) is 15.0 Å². The lowest BCUT2D eigenvalue weighted by atomic mass is 9.67. The summed E-state index contributed by atoms with van der Waals surface area (Å²) in [6.45, 7) is 0. The molecular formula is C40H30N4. The van der Waals surface area contributed by atoms with E-state index >= 15 is 0 Å². The summed E-state index contributed by atoms with van der Waals surface area (Å²) in [5.74, 6) is 1.96. The van der Waals surface area contributed by atoms with Gasteiger partial charge in [0.15, 0.2) is 17.5 Å². The van der Waals surface area contributed by atoms with Gasteiger partial charge in [0.2, 0.25) is 0 Å². The molecule has 210 valence electrons. The van der Waals surface area contributed by atoms with Crippen molar-refractivity contribution in [2.45, 2.75) is 37.5 Å². The largest absolute Gasteiger partial charge is 0.208 e. The minimum Gasteiger partial charge on any atom is -0.208 e. The third-order valence-corrected chi connectivity index (χ3v) is 9.39. The third-order valence-electron chi connectivity index (χ3n) is 9.39. The average Bonchev–Trinajstić information content (AvgIpc) is 3.37. The normalized spacial score (nSPS) is 14.5. The summed E-state index contributed by atoms with van der Waals surface area (Å²) in [4.78, 5) is 15.1. The standard InChI is InChI=1S/C40H30N4/c41-26-32-15-10-16-34-36(32)33-22-21-31(25-35(33)40(34)23-8-3-9-24-40)39-43-37(29-13-6-2-7-14-29)42-38(44-39)30-19-17-28(18-20-30)27-11-4-1-5-12-27/h1-2,4-7,10-22,25H,3,8-9,23-24H2. The van der Waals surface area contributed by atoms with Gasteiger partial charge in [-0.3, -0.25) is 0 Å². The van der Waals surface area contributed by atoms with E-state index in [0.717, 1.165) is 46.2 Å². The van der Waals surface area contributed by atoms with Crippen molar-refractivity contribution in [2.75, 3.05) is 0 Å². The third kappa shape index (κ3) is 4.32. The molecule has 0 aliphatic heterocycles. The van der Waals surface area contributed by atoms with Crippen LogP contribution in [0.5, 0.6) is 0 Å². The van der Waals surface area contributed by atoms with Gasteiger partial charge in [0, 0.05) is 27.7 Å². The number of benzene rings is 5. The van der Waals surface area contributed by atoms with Crippen LogP contribution in [0, 0.1) is 11.3 Å². The van der Waals surface area contributed by atoms with Crippen LogP contribution in [0.3, 0.4) is 0 Å². The minimum absolute atomic E-state index is 0.0722.